The molecule has 0 saturated heterocycles. The summed E-state index contributed by atoms with van der Waals surface area (Å²) in [6.45, 7) is 9.78. The fourth-order valence-corrected chi connectivity index (χ4v) is 2.15. The third-order valence-electron chi connectivity index (χ3n) is 3.42. The van der Waals surface area contributed by atoms with Crippen LogP contribution in [0.4, 0.5) is 11.5 Å². The topological polar surface area (TPSA) is 78.0 Å². The number of nitrogens with zero attached hydrogens (tertiary/aromatic N) is 3. The van der Waals surface area contributed by atoms with Gasteiger partial charge < -0.3 is 16.0 Å². The third-order valence-corrected chi connectivity index (χ3v) is 3.42. The SMILES string of the molecule is CCN(CC)CCCC(C)Nc1ncc(N)cc1C#N. The van der Waals surface area contributed by atoms with Crippen molar-refractivity contribution in [3.8, 4) is 6.07 Å². The molecule has 0 saturated carbocycles. The van der Waals surface area contributed by atoms with Crippen LogP contribution in [-0.4, -0.2) is 35.6 Å². The predicted molar refractivity (Wildman–Crippen MR) is 83.5 cm³/mol. The standard InChI is InChI=1S/C15H25N5/c1-4-20(5-2)8-6-7-12(3)19-15-13(10-16)9-14(17)11-18-15/h9,11-12H,4-8,17H2,1-3H3,(H,18,19). The lowest BCUT2D eigenvalue weighted by molar-refractivity contribution is 0.295. The van der Waals surface area contributed by atoms with Crippen LogP contribution in [0, 0.1) is 11.3 Å². The summed E-state index contributed by atoms with van der Waals surface area (Å²) in [4.78, 5) is 6.61. The van der Waals surface area contributed by atoms with Gasteiger partial charge in [-0.05, 0) is 45.5 Å². The molecule has 0 aromatic carbocycles. The first kappa shape index (κ1) is 16.3. The molecule has 0 amide bonds. The zero-order valence-electron chi connectivity index (χ0n) is 12.7. The Kier molecular flexibility index (Phi) is 6.82. The predicted octanol–water partition coefficient (Wildman–Crippen LogP) is 2.46. The van der Waals surface area contributed by atoms with Crippen LogP contribution in [0.1, 0.15) is 39.2 Å². The molecule has 0 aliphatic heterocycles. The molecule has 1 rings (SSSR count). The summed E-state index contributed by atoms with van der Waals surface area (Å²) in [7, 11) is 0. The normalized spacial score (nSPS) is 12.2. The van der Waals surface area contributed by atoms with Gasteiger partial charge in [-0.2, -0.15) is 5.26 Å². The summed E-state index contributed by atoms with van der Waals surface area (Å²) in [5.74, 6) is 0.622. The van der Waals surface area contributed by atoms with Gasteiger partial charge in [-0.1, -0.05) is 13.8 Å². The molecular formula is C15H25N5. The van der Waals surface area contributed by atoms with Gasteiger partial charge in [0.1, 0.15) is 11.9 Å². The molecule has 1 atom stereocenters. The van der Waals surface area contributed by atoms with Crippen LogP contribution in [0.2, 0.25) is 0 Å². The number of nitriles is 1. The van der Waals surface area contributed by atoms with Gasteiger partial charge in [0.25, 0.3) is 0 Å². The highest BCUT2D eigenvalue weighted by molar-refractivity contribution is 5.57. The highest BCUT2D eigenvalue weighted by atomic mass is 15.1. The molecule has 0 radical (unpaired) electrons. The van der Waals surface area contributed by atoms with Crippen LogP contribution in [0.5, 0.6) is 0 Å². The van der Waals surface area contributed by atoms with Crippen molar-refractivity contribution in [1.29, 1.82) is 5.26 Å². The van der Waals surface area contributed by atoms with E-state index in [4.69, 9.17) is 11.0 Å². The van der Waals surface area contributed by atoms with Crippen LogP contribution >= 0.6 is 0 Å². The lowest BCUT2D eigenvalue weighted by atomic mass is 10.1. The lowest BCUT2D eigenvalue weighted by Crippen LogP contribution is -2.25. The molecular weight excluding hydrogens is 250 g/mol. The zero-order valence-corrected chi connectivity index (χ0v) is 12.7. The number of nitrogens with two attached hydrogens (primary N) is 1. The number of pyridine rings is 1. The molecule has 0 bridgehead atoms. The summed E-state index contributed by atoms with van der Waals surface area (Å²) in [6.07, 6.45) is 3.76. The van der Waals surface area contributed by atoms with Crippen LogP contribution in [0.25, 0.3) is 0 Å². The molecule has 0 fully saturated rings. The van der Waals surface area contributed by atoms with E-state index in [1.165, 1.54) is 0 Å². The molecule has 0 aliphatic rings. The van der Waals surface area contributed by atoms with Crippen molar-refractivity contribution < 1.29 is 0 Å². The van der Waals surface area contributed by atoms with E-state index < -0.39 is 0 Å². The minimum absolute atomic E-state index is 0.286. The van der Waals surface area contributed by atoms with Gasteiger partial charge >= 0.3 is 0 Å². The van der Waals surface area contributed by atoms with E-state index in [9.17, 15) is 0 Å². The number of rotatable bonds is 8. The maximum absolute atomic E-state index is 9.08. The van der Waals surface area contributed by atoms with E-state index in [0.29, 0.717) is 17.1 Å². The van der Waals surface area contributed by atoms with E-state index >= 15 is 0 Å². The second kappa shape index (κ2) is 8.39. The first-order chi connectivity index (χ1) is 9.60. The number of aromatic nitrogens is 1. The summed E-state index contributed by atoms with van der Waals surface area (Å²) >= 11 is 0. The average Bonchev–Trinajstić information content (AvgIpc) is 2.45. The summed E-state index contributed by atoms with van der Waals surface area (Å²) < 4.78 is 0. The van der Waals surface area contributed by atoms with Gasteiger partial charge in [0.05, 0.1) is 17.4 Å². The van der Waals surface area contributed by atoms with E-state index in [0.717, 1.165) is 32.5 Å². The molecule has 1 aromatic heterocycles. The van der Waals surface area contributed by atoms with Crippen molar-refractivity contribution in [3.05, 3.63) is 17.8 Å². The van der Waals surface area contributed by atoms with Crippen LogP contribution < -0.4 is 11.1 Å². The van der Waals surface area contributed by atoms with Gasteiger partial charge in [0.2, 0.25) is 0 Å². The quantitative estimate of drug-likeness (QED) is 0.762. The maximum atomic E-state index is 9.08. The van der Waals surface area contributed by atoms with Crippen LogP contribution in [0.15, 0.2) is 12.3 Å². The number of nitrogen functional groups attached to an aromatic ring is 1. The first-order valence-electron chi connectivity index (χ1n) is 7.25. The van der Waals surface area contributed by atoms with Gasteiger partial charge in [-0.15, -0.1) is 0 Å². The Morgan fingerprint density at radius 3 is 2.75 bits per heavy atom. The largest absolute Gasteiger partial charge is 0.397 e. The van der Waals surface area contributed by atoms with Gasteiger partial charge in [-0.3, -0.25) is 0 Å². The number of hydrogen-bond donors (Lipinski definition) is 2. The van der Waals surface area contributed by atoms with Crippen molar-refractivity contribution in [2.45, 2.75) is 39.7 Å². The Morgan fingerprint density at radius 1 is 1.45 bits per heavy atom. The Morgan fingerprint density at radius 2 is 2.15 bits per heavy atom. The monoisotopic (exact) mass is 275 g/mol. The molecule has 1 unspecified atom stereocenters. The molecule has 1 heterocycles. The van der Waals surface area contributed by atoms with Gasteiger partial charge in [0, 0.05) is 6.04 Å². The molecule has 110 valence electrons. The first-order valence-corrected chi connectivity index (χ1v) is 7.25. The highest BCUT2D eigenvalue weighted by Crippen LogP contribution is 2.16. The second-order valence-corrected chi connectivity index (χ2v) is 4.99. The fourth-order valence-electron chi connectivity index (χ4n) is 2.15. The van der Waals surface area contributed by atoms with Crippen molar-refractivity contribution in [2.75, 3.05) is 30.7 Å². The minimum atomic E-state index is 0.286. The van der Waals surface area contributed by atoms with Gasteiger partial charge in [-0.25, -0.2) is 4.98 Å². The molecule has 1 aromatic rings. The van der Waals surface area contributed by atoms with Crippen LogP contribution in [-0.2, 0) is 0 Å². The van der Waals surface area contributed by atoms with Gasteiger partial charge in [0.15, 0.2) is 0 Å². The molecule has 3 N–H and O–H groups in total. The van der Waals surface area contributed by atoms with Crippen molar-refractivity contribution >= 4 is 11.5 Å². The smallest absolute Gasteiger partial charge is 0.144 e. The number of hydrogen-bond acceptors (Lipinski definition) is 5. The summed E-state index contributed by atoms with van der Waals surface area (Å²) in [5.41, 5.74) is 6.65. The minimum Gasteiger partial charge on any atom is -0.397 e. The zero-order chi connectivity index (χ0) is 15.0. The Labute approximate surface area is 121 Å². The van der Waals surface area contributed by atoms with E-state index in [1.54, 1.807) is 12.3 Å². The molecule has 5 heteroatoms. The van der Waals surface area contributed by atoms with Crippen molar-refractivity contribution in [2.24, 2.45) is 0 Å². The fraction of sp³-hybridized carbons (Fsp3) is 0.600. The molecule has 0 spiro atoms. The molecule has 20 heavy (non-hydrogen) atoms. The third kappa shape index (κ3) is 5.06. The lowest BCUT2D eigenvalue weighted by Gasteiger charge is -2.20. The summed E-state index contributed by atoms with van der Waals surface area (Å²) in [5, 5.41) is 12.4. The number of anilines is 2. The number of nitrogens with one attached hydrogen (secondary N) is 1. The molecule has 5 nitrogen and oxygen atoms in total. The van der Waals surface area contributed by atoms with Crippen LogP contribution in [0.3, 0.4) is 0 Å². The maximum Gasteiger partial charge on any atom is 0.144 e. The molecule has 0 aliphatic carbocycles. The van der Waals surface area contributed by atoms with E-state index in [2.05, 4.69) is 42.0 Å². The van der Waals surface area contributed by atoms with E-state index in [1.807, 2.05) is 0 Å². The van der Waals surface area contributed by atoms with Crippen molar-refractivity contribution in [1.82, 2.24) is 9.88 Å². The second-order valence-electron chi connectivity index (χ2n) is 4.99. The summed E-state index contributed by atoms with van der Waals surface area (Å²) in [6, 6.07) is 4.06. The Balaban J connectivity index is 2.47. The van der Waals surface area contributed by atoms with E-state index in [-0.39, 0.29) is 6.04 Å². The Hall–Kier alpha value is -1.80. The van der Waals surface area contributed by atoms with Crippen molar-refractivity contribution in [3.63, 3.8) is 0 Å². The average molecular weight is 275 g/mol. The Bertz CT molecular complexity index is 448. The highest BCUT2D eigenvalue weighted by Gasteiger charge is 2.09.